The van der Waals surface area contributed by atoms with Crippen molar-refractivity contribution in [2.75, 3.05) is 0 Å². The SMILES string of the molecule is Cc1cc(C[C@H](C)[C@H](C)Cc2ccc(O)c(CO)c2)ccc1O. The van der Waals surface area contributed by atoms with E-state index in [0.717, 1.165) is 24.0 Å². The minimum absolute atomic E-state index is 0.142. The molecular formula is C20H26O3. The summed E-state index contributed by atoms with van der Waals surface area (Å²) in [4.78, 5) is 0. The Morgan fingerprint density at radius 3 is 1.87 bits per heavy atom. The maximum atomic E-state index is 9.64. The molecule has 0 saturated carbocycles. The molecule has 0 bridgehead atoms. The zero-order chi connectivity index (χ0) is 17.0. The van der Waals surface area contributed by atoms with E-state index in [0.29, 0.717) is 23.1 Å². The zero-order valence-electron chi connectivity index (χ0n) is 14.1. The molecule has 0 aliphatic rings. The Hall–Kier alpha value is -2.00. The van der Waals surface area contributed by atoms with Crippen molar-refractivity contribution in [2.45, 2.75) is 40.2 Å². The van der Waals surface area contributed by atoms with Gasteiger partial charge in [-0.15, -0.1) is 0 Å². The summed E-state index contributed by atoms with van der Waals surface area (Å²) >= 11 is 0. The second-order valence-corrected chi connectivity index (χ2v) is 6.60. The van der Waals surface area contributed by atoms with E-state index in [9.17, 15) is 15.3 Å². The Kier molecular flexibility index (Phi) is 5.67. The van der Waals surface area contributed by atoms with Gasteiger partial charge in [-0.25, -0.2) is 0 Å². The van der Waals surface area contributed by atoms with Crippen molar-refractivity contribution in [3.63, 3.8) is 0 Å². The lowest BCUT2D eigenvalue weighted by Gasteiger charge is -2.21. The van der Waals surface area contributed by atoms with Crippen LogP contribution in [0, 0.1) is 18.8 Å². The van der Waals surface area contributed by atoms with E-state index in [2.05, 4.69) is 13.8 Å². The molecule has 0 spiro atoms. The molecule has 2 aromatic rings. The van der Waals surface area contributed by atoms with Crippen LogP contribution in [0.2, 0.25) is 0 Å². The summed E-state index contributed by atoms with van der Waals surface area (Å²) < 4.78 is 0. The lowest BCUT2D eigenvalue weighted by molar-refractivity contribution is 0.275. The van der Waals surface area contributed by atoms with Crippen LogP contribution in [0.3, 0.4) is 0 Å². The first-order valence-corrected chi connectivity index (χ1v) is 8.10. The van der Waals surface area contributed by atoms with E-state index in [4.69, 9.17) is 0 Å². The first kappa shape index (κ1) is 17.4. The number of aliphatic hydroxyl groups is 1. The van der Waals surface area contributed by atoms with E-state index in [1.165, 1.54) is 5.56 Å². The molecule has 2 rings (SSSR count). The highest BCUT2D eigenvalue weighted by atomic mass is 16.3. The number of aryl methyl sites for hydroxylation is 1. The predicted molar refractivity (Wildman–Crippen MR) is 92.6 cm³/mol. The molecule has 2 aromatic carbocycles. The highest BCUT2D eigenvalue weighted by molar-refractivity contribution is 5.36. The maximum Gasteiger partial charge on any atom is 0.121 e. The number of hydrogen-bond donors (Lipinski definition) is 3. The largest absolute Gasteiger partial charge is 0.508 e. The van der Waals surface area contributed by atoms with E-state index in [1.807, 2.05) is 31.2 Å². The summed E-state index contributed by atoms with van der Waals surface area (Å²) in [7, 11) is 0. The number of aromatic hydroxyl groups is 2. The lowest BCUT2D eigenvalue weighted by Crippen LogP contribution is -2.14. The van der Waals surface area contributed by atoms with Gasteiger partial charge in [-0.1, -0.05) is 32.0 Å². The molecule has 0 fully saturated rings. The number of benzene rings is 2. The molecule has 0 radical (unpaired) electrons. The fourth-order valence-corrected chi connectivity index (χ4v) is 2.88. The topological polar surface area (TPSA) is 60.7 Å². The monoisotopic (exact) mass is 314 g/mol. The van der Waals surface area contributed by atoms with Crippen LogP contribution in [0.1, 0.15) is 36.1 Å². The van der Waals surface area contributed by atoms with Gasteiger partial charge in [0.25, 0.3) is 0 Å². The van der Waals surface area contributed by atoms with Gasteiger partial charge >= 0.3 is 0 Å². The van der Waals surface area contributed by atoms with Crippen LogP contribution in [0.25, 0.3) is 0 Å². The van der Waals surface area contributed by atoms with Gasteiger partial charge in [0.1, 0.15) is 11.5 Å². The molecule has 0 heterocycles. The van der Waals surface area contributed by atoms with Crippen molar-refractivity contribution in [1.29, 1.82) is 0 Å². The van der Waals surface area contributed by atoms with Gasteiger partial charge in [0.2, 0.25) is 0 Å². The first-order chi connectivity index (χ1) is 10.9. The van der Waals surface area contributed by atoms with E-state index >= 15 is 0 Å². The van der Waals surface area contributed by atoms with Crippen molar-refractivity contribution in [2.24, 2.45) is 11.8 Å². The van der Waals surface area contributed by atoms with Crippen LogP contribution in [0.5, 0.6) is 11.5 Å². The number of phenols is 2. The van der Waals surface area contributed by atoms with Crippen LogP contribution in [-0.2, 0) is 19.4 Å². The normalized spacial score (nSPS) is 13.7. The summed E-state index contributed by atoms with van der Waals surface area (Å²) in [6, 6.07) is 11.2. The van der Waals surface area contributed by atoms with Gasteiger partial charge in [0, 0.05) is 5.56 Å². The molecule has 23 heavy (non-hydrogen) atoms. The lowest BCUT2D eigenvalue weighted by atomic mass is 9.85. The smallest absolute Gasteiger partial charge is 0.121 e. The van der Waals surface area contributed by atoms with E-state index in [1.54, 1.807) is 12.1 Å². The molecule has 0 saturated heterocycles. The van der Waals surface area contributed by atoms with Crippen LogP contribution in [-0.4, -0.2) is 15.3 Å². The zero-order valence-corrected chi connectivity index (χ0v) is 14.1. The van der Waals surface area contributed by atoms with E-state index < -0.39 is 0 Å². The molecule has 124 valence electrons. The van der Waals surface area contributed by atoms with Crippen LogP contribution in [0.4, 0.5) is 0 Å². The highest BCUT2D eigenvalue weighted by Gasteiger charge is 2.15. The van der Waals surface area contributed by atoms with Crippen molar-refractivity contribution >= 4 is 0 Å². The number of phenolic OH excluding ortho intramolecular Hbond substituents is 1. The third kappa shape index (κ3) is 4.49. The molecule has 0 aromatic heterocycles. The van der Waals surface area contributed by atoms with Gasteiger partial charge in [-0.3, -0.25) is 0 Å². The Morgan fingerprint density at radius 2 is 1.35 bits per heavy atom. The Bertz CT molecular complexity index is 664. The van der Waals surface area contributed by atoms with Gasteiger partial charge in [0.05, 0.1) is 6.61 Å². The Morgan fingerprint density at radius 1 is 0.826 bits per heavy atom. The molecule has 0 amide bonds. The number of rotatable bonds is 6. The van der Waals surface area contributed by atoms with Crippen LogP contribution in [0.15, 0.2) is 36.4 Å². The molecule has 0 unspecified atom stereocenters. The second-order valence-electron chi connectivity index (χ2n) is 6.60. The average molecular weight is 314 g/mol. The molecular weight excluding hydrogens is 288 g/mol. The average Bonchev–Trinajstić information content (AvgIpc) is 2.52. The van der Waals surface area contributed by atoms with Crippen molar-refractivity contribution < 1.29 is 15.3 Å². The molecule has 0 aliphatic carbocycles. The first-order valence-electron chi connectivity index (χ1n) is 8.10. The van der Waals surface area contributed by atoms with Crippen molar-refractivity contribution in [3.8, 4) is 11.5 Å². The maximum absolute atomic E-state index is 9.64. The Balaban J connectivity index is 2.01. The van der Waals surface area contributed by atoms with Crippen molar-refractivity contribution in [3.05, 3.63) is 58.7 Å². The number of hydrogen-bond acceptors (Lipinski definition) is 3. The third-order valence-corrected chi connectivity index (χ3v) is 4.66. The van der Waals surface area contributed by atoms with Gasteiger partial charge in [-0.05, 0) is 66.5 Å². The third-order valence-electron chi connectivity index (χ3n) is 4.66. The fraction of sp³-hybridized carbons (Fsp3) is 0.400. The molecule has 2 atom stereocenters. The summed E-state index contributed by atoms with van der Waals surface area (Å²) in [5.74, 6) is 1.46. The van der Waals surface area contributed by atoms with Crippen molar-refractivity contribution in [1.82, 2.24) is 0 Å². The Labute approximate surface area is 138 Å². The predicted octanol–water partition coefficient (Wildman–Crippen LogP) is 3.96. The molecule has 0 aliphatic heterocycles. The quantitative estimate of drug-likeness (QED) is 0.756. The summed E-state index contributed by atoms with van der Waals surface area (Å²) in [5, 5.41) is 28.5. The van der Waals surface area contributed by atoms with Crippen LogP contribution < -0.4 is 0 Å². The van der Waals surface area contributed by atoms with Crippen LogP contribution >= 0.6 is 0 Å². The standard InChI is InChI=1S/C20H26O3/c1-13(8-16-4-6-19(22)15(3)10-16)14(2)9-17-5-7-20(23)18(11-17)12-21/h4-7,10-11,13-14,21-23H,8-9,12H2,1-3H3/t13-,14+/m0/s1. The highest BCUT2D eigenvalue weighted by Crippen LogP contribution is 2.26. The summed E-state index contributed by atoms with van der Waals surface area (Å²) in [6.07, 6.45) is 1.87. The fourth-order valence-electron chi connectivity index (χ4n) is 2.88. The minimum atomic E-state index is -0.142. The molecule has 3 nitrogen and oxygen atoms in total. The van der Waals surface area contributed by atoms with Gasteiger partial charge < -0.3 is 15.3 Å². The van der Waals surface area contributed by atoms with Gasteiger partial charge in [-0.2, -0.15) is 0 Å². The summed E-state index contributed by atoms with van der Waals surface area (Å²) in [5.41, 5.74) is 3.86. The second kappa shape index (κ2) is 7.51. The molecule has 3 N–H and O–H groups in total. The minimum Gasteiger partial charge on any atom is -0.508 e. The molecule has 3 heteroatoms. The summed E-state index contributed by atoms with van der Waals surface area (Å²) in [6.45, 7) is 6.24. The van der Waals surface area contributed by atoms with Gasteiger partial charge in [0.15, 0.2) is 0 Å². The number of aliphatic hydroxyl groups excluding tert-OH is 1. The van der Waals surface area contributed by atoms with E-state index in [-0.39, 0.29) is 12.4 Å².